The average molecular weight is 311 g/mol. The third-order valence-electron chi connectivity index (χ3n) is 3.86. The summed E-state index contributed by atoms with van der Waals surface area (Å²) in [5, 5.41) is 2.87. The molecule has 3 nitrogen and oxygen atoms in total. The molecular weight excluding hydrogens is 286 g/mol. The Labute approximate surface area is 138 Å². The molecular formula is C20H25NO2. The summed E-state index contributed by atoms with van der Waals surface area (Å²) in [5.74, 6) is 1.05. The Bertz CT molecular complexity index is 675. The number of rotatable bonds is 5. The van der Waals surface area contributed by atoms with Crippen LogP contribution in [0.2, 0.25) is 0 Å². The highest BCUT2D eigenvalue weighted by atomic mass is 16.5. The largest absolute Gasteiger partial charge is 0.481 e. The van der Waals surface area contributed by atoms with Crippen molar-refractivity contribution >= 4 is 11.6 Å². The highest BCUT2D eigenvalue weighted by Crippen LogP contribution is 2.24. The second kappa shape index (κ2) is 7.32. The lowest BCUT2D eigenvalue weighted by atomic mass is 9.98. The molecule has 23 heavy (non-hydrogen) atoms. The van der Waals surface area contributed by atoms with Crippen molar-refractivity contribution in [2.75, 3.05) is 5.32 Å². The molecule has 0 saturated heterocycles. The predicted molar refractivity (Wildman–Crippen MR) is 95.2 cm³/mol. The molecule has 2 rings (SSSR count). The molecule has 122 valence electrons. The van der Waals surface area contributed by atoms with E-state index < -0.39 is 6.10 Å². The van der Waals surface area contributed by atoms with Gasteiger partial charge in [0.05, 0.1) is 0 Å². The molecule has 0 aliphatic carbocycles. The Morgan fingerprint density at radius 1 is 1.00 bits per heavy atom. The minimum atomic E-state index is -0.555. The maximum Gasteiger partial charge on any atom is 0.265 e. The fraction of sp³-hybridized carbons (Fsp3) is 0.350. The number of amides is 1. The van der Waals surface area contributed by atoms with Gasteiger partial charge in [-0.05, 0) is 62.1 Å². The number of aryl methyl sites for hydroxylation is 2. The van der Waals surface area contributed by atoms with Crippen molar-refractivity contribution in [2.24, 2.45) is 0 Å². The number of hydrogen-bond acceptors (Lipinski definition) is 2. The van der Waals surface area contributed by atoms with Gasteiger partial charge in [-0.25, -0.2) is 0 Å². The summed E-state index contributed by atoms with van der Waals surface area (Å²) in [6.07, 6.45) is -0.555. The number of hydrogen-bond donors (Lipinski definition) is 1. The molecule has 2 aromatic rings. The van der Waals surface area contributed by atoms with Gasteiger partial charge in [0.25, 0.3) is 5.91 Å². The standard InChI is InChI=1S/C20H25NO2/c1-13(2)19-11-10-18(12-15(19)4)23-16(5)20(22)21-17-8-6-14(3)7-9-17/h6-13,16H,1-5H3,(H,21,22). The van der Waals surface area contributed by atoms with Crippen molar-refractivity contribution in [3.8, 4) is 5.75 Å². The van der Waals surface area contributed by atoms with Crippen LogP contribution in [-0.2, 0) is 4.79 Å². The first kappa shape index (κ1) is 17.1. The minimum absolute atomic E-state index is 0.153. The van der Waals surface area contributed by atoms with E-state index >= 15 is 0 Å². The summed E-state index contributed by atoms with van der Waals surface area (Å²) >= 11 is 0. The van der Waals surface area contributed by atoms with Gasteiger partial charge < -0.3 is 10.1 Å². The molecule has 0 aliphatic heterocycles. The Kier molecular flexibility index (Phi) is 5.43. The maximum atomic E-state index is 12.2. The first-order valence-corrected chi connectivity index (χ1v) is 8.01. The monoisotopic (exact) mass is 311 g/mol. The first-order chi connectivity index (χ1) is 10.9. The third kappa shape index (κ3) is 4.59. The summed E-state index contributed by atoms with van der Waals surface area (Å²) in [4.78, 5) is 12.2. The van der Waals surface area contributed by atoms with E-state index in [4.69, 9.17) is 4.74 Å². The molecule has 1 unspecified atom stereocenters. The summed E-state index contributed by atoms with van der Waals surface area (Å²) in [7, 11) is 0. The molecule has 1 N–H and O–H groups in total. The Morgan fingerprint density at radius 2 is 1.65 bits per heavy atom. The van der Waals surface area contributed by atoms with Crippen LogP contribution in [0.5, 0.6) is 5.75 Å². The van der Waals surface area contributed by atoms with Gasteiger partial charge in [-0.3, -0.25) is 4.79 Å². The molecule has 0 fully saturated rings. The summed E-state index contributed by atoms with van der Waals surface area (Å²) in [5.41, 5.74) is 4.42. The van der Waals surface area contributed by atoms with E-state index in [1.165, 1.54) is 11.1 Å². The normalized spacial score (nSPS) is 12.1. The summed E-state index contributed by atoms with van der Waals surface area (Å²) in [6.45, 7) is 10.2. The van der Waals surface area contributed by atoms with Crippen molar-refractivity contribution < 1.29 is 9.53 Å². The van der Waals surface area contributed by atoms with Crippen LogP contribution in [0, 0.1) is 13.8 Å². The lowest BCUT2D eigenvalue weighted by Crippen LogP contribution is -2.30. The van der Waals surface area contributed by atoms with Crippen molar-refractivity contribution in [1.29, 1.82) is 0 Å². The molecule has 0 radical (unpaired) electrons. The van der Waals surface area contributed by atoms with Gasteiger partial charge in [-0.2, -0.15) is 0 Å². The number of ether oxygens (including phenoxy) is 1. The highest BCUT2D eigenvalue weighted by Gasteiger charge is 2.15. The Balaban J connectivity index is 2.00. The Hall–Kier alpha value is -2.29. The first-order valence-electron chi connectivity index (χ1n) is 8.01. The van der Waals surface area contributed by atoms with Gasteiger partial charge in [0, 0.05) is 5.69 Å². The van der Waals surface area contributed by atoms with Crippen LogP contribution in [0.1, 0.15) is 43.4 Å². The van der Waals surface area contributed by atoms with Crippen molar-refractivity contribution in [3.05, 3.63) is 59.2 Å². The number of nitrogens with one attached hydrogen (secondary N) is 1. The zero-order valence-corrected chi connectivity index (χ0v) is 14.5. The van der Waals surface area contributed by atoms with Crippen LogP contribution in [0.25, 0.3) is 0 Å². The van der Waals surface area contributed by atoms with Gasteiger partial charge in [0.1, 0.15) is 5.75 Å². The third-order valence-corrected chi connectivity index (χ3v) is 3.86. The molecule has 0 heterocycles. The van der Waals surface area contributed by atoms with E-state index in [2.05, 4.69) is 32.2 Å². The molecule has 1 atom stereocenters. The van der Waals surface area contributed by atoms with E-state index in [1.54, 1.807) is 6.92 Å². The fourth-order valence-electron chi connectivity index (χ4n) is 2.51. The number of carbonyl (C=O) groups excluding carboxylic acids is 1. The molecule has 2 aromatic carbocycles. The molecule has 0 spiro atoms. The molecule has 1 amide bonds. The van der Waals surface area contributed by atoms with E-state index in [0.717, 1.165) is 17.0 Å². The van der Waals surface area contributed by atoms with Crippen LogP contribution in [-0.4, -0.2) is 12.0 Å². The average Bonchev–Trinajstić information content (AvgIpc) is 2.49. The van der Waals surface area contributed by atoms with E-state index in [9.17, 15) is 4.79 Å². The van der Waals surface area contributed by atoms with Crippen molar-refractivity contribution in [1.82, 2.24) is 0 Å². The van der Waals surface area contributed by atoms with Crippen molar-refractivity contribution in [3.63, 3.8) is 0 Å². The second-order valence-corrected chi connectivity index (χ2v) is 6.29. The second-order valence-electron chi connectivity index (χ2n) is 6.29. The lowest BCUT2D eigenvalue weighted by Gasteiger charge is -2.17. The Morgan fingerprint density at radius 3 is 2.22 bits per heavy atom. The highest BCUT2D eigenvalue weighted by molar-refractivity contribution is 5.94. The van der Waals surface area contributed by atoms with E-state index in [0.29, 0.717) is 5.92 Å². The quantitative estimate of drug-likeness (QED) is 0.858. The fourth-order valence-corrected chi connectivity index (χ4v) is 2.51. The van der Waals surface area contributed by atoms with Crippen LogP contribution >= 0.6 is 0 Å². The lowest BCUT2D eigenvalue weighted by molar-refractivity contribution is -0.122. The van der Waals surface area contributed by atoms with E-state index in [-0.39, 0.29) is 5.91 Å². The molecule has 0 bridgehead atoms. The van der Waals surface area contributed by atoms with Gasteiger partial charge in [0.15, 0.2) is 6.10 Å². The maximum absolute atomic E-state index is 12.2. The zero-order valence-electron chi connectivity index (χ0n) is 14.5. The van der Waals surface area contributed by atoms with Gasteiger partial charge in [-0.1, -0.05) is 37.6 Å². The van der Waals surface area contributed by atoms with Gasteiger partial charge in [0.2, 0.25) is 0 Å². The topological polar surface area (TPSA) is 38.3 Å². The molecule has 3 heteroatoms. The predicted octanol–water partition coefficient (Wildman–Crippen LogP) is 4.83. The molecule has 0 aromatic heterocycles. The summed E-state index contributed by atoms with van der Waals surface area (Å²) in [6, 6.07) is 13.7. The smallest absolute Gasteiger partial charge is 0.265 e. The SMILES string of the molecule is Cc1ccc(NC(=O)C(C)Oc2ccc(C(C)C)c(C)c2)cc1. The minimum Gasteiger partial charge on any atom is -0.481 e. The number of benzene rings is 2. The number of carbonyl (C=O) groups is 1. The van der Waals surface area contributed by atoms with Gasteiger partial charge in [-0.15, -0.1) is 0 Å². The van der Waals surface area contributed by atoms with Crippen molar-refractivity contribution in [2.45, 2.75) is 46.6 Å². The van der Waals surface area contributed by atoms with Crippen LogP contribution in [0.15, 0.2) is 42.5 Å². The number of anilines is 1. The van der Waals surface area contributed by atoms with E-state index in [1.807, 2.05) is 43.3 Å². The zero-order chi connectivity index (χ0) is 17.0. The van der Waals surface area contributed by atoms with Crippen LogP contribution in [0.3, 0.4) is 0 Å². The molecule has 0 saturated carbocycles. The van der Waals surface area contributed by atoms with Crippen LogP contribution in [0.4, 0.5) is 5.69 Å². The van der Waals surface area contributed by atoms with Crippen LogP contribution < -0.4 is 10.1 Å². The van der Waals surface area contributed by atoms with Gasteiger partial charge >= 0.3 is 0 Å². The summed E-state index contributed by atoms with van der Waals surface area (Å²) < 4.78 is 5.78. The molecule has 0 aliphatic rings.